The summed E-state index contributed by atoms with van der Waals surface area (Å²) in [5.41, 5.74) is 14.0. The van der Waals surface area contributed by atoms with Gasteiger partial charge in [-0.25, -0.2) is 4.39 Å². The lowest BCUT2D eigenvalue weighted by Gasteiger charge is -2.33. The van der Waals surface area contributed by atoms with Crippen LogP contribution in [0.4, 0.5) is 4.39 Å². The van der Waals surface area contributed by atoms with Gasteiger partial charge in [0.15, 0.2) is 6.73 Å². The Morgan fingerprint density at radius 3 is 2.63 bits per heavy atom. The molecule has 8 heteroatoms. The van der Waals surface area contributed by atoms with Gasteiger partial charge in [-0.15, -0.1) is 0 Å². The van der Waals surface area contributed by atoms with Gasteiger partial charge in [0, 0.05) is 41.7 Å². The fraction of sp³-hybridized carbons (Fsp3) is 0.364. The Balaban J connectivity index is 1.55. The molecule has 2 atom stereocenters. The summed E-state index contributed by atoms with van der Waals surface area (Å²) in [6, 6.07) is 14.5. The molecule has 41 heavy (non-hydrogen) atoms. The van der Waals surface area contributed by atoms with Crippen LogP contribution in [0.5, 0.6) is 5.75 Å². The number of nitrogens with one attached hydrogen (secondary N) is 2. The maximum Gasteiger partial charge on any atom is 0.165 e. The highest BCUT2D eigenvalue weighted by Gasteiger charge is 2.22. The zero-order chi connectivity index (χ0) is 29.7. The van der Waals surface area contributed by atoms with Gasteiger partial charge < -0.3 is 30.6 Å². The highest BCUT2D eigenvalue weighted by atomic mass is 19.1. The highest BCUT2D eigenvalue weighted by Crippen LogP contribution is 2.39. The van der Waals surface area contributed by atoms with Crippen LogP contribution in [0.2, 0.25) is 0 Å². The van der Waals surface area contributed by atoms with Gasteiger partial charge in [0.05, 0.1) is 35.8 Å². The van der Waals surface area contributed by atoms with Gasteiger partial charge in [-0.3, -0.25) is 4.99 Å². The Hall–Kier alpha value is -4.20. The van der Waals surface area contributed by atoms with Gasteiger partial charge in [-0.2, -0.15) is 0 Å². The molecule has 2 heterocycles. The van der Waals surface area contributed by atoms with E-state index in [1.165, 1.54) is 0 Å². The van der Waals surface area contributed by atoms with Crippen LogP contribution in [0.3, 0.4) is 0 Å². The number of nitrogens with two attached hydrogens (primary N) is 1. The molecule has 4 N–H and O–H groups in total. The summed E-state index contributed by atoms with van der Waals surface area (Å²) in [6.07, 6.45) is 3.04. The summed E-state index contributed by atoms with van der Waals surface area (Å²) in [7, 11) is 1.86. The molecule has 2 aromatic carbocycles. The number of rotatable bonds is 13. The van der Waals surface area contributed by atoms with Crippen LogP contribution in [0.25, 0.3) is 33.6 Å². The minimum atomic E-state index is -0.913. The summed E-state index contributed by atoms with van der Waals surface area (Å²) >= 11 is 0. The summed E-state index contributed by atoms with van der Waals surface area (Å²) < 4.78 is 22.6. The van der Waals surface area contributed by atoms with E-state index in [1.54, 1.807) is 12.4 Å². The average molecular weight is 559 g/mol. The number of halogens is 1. The van der Waals surface area contributed by atoms with Gasteiger partial charge >= 0.3 is 0 Å². The van der Waals surface area contributed by atoms with E-state index in [4.69, 9.17) is 10.5 Å². The smallest absolute Gasteiger partial charge is 0.165 e. The van der Waals surface area contributed by atoms with Crippen molar-refractivity contribution < 1.29 is 9.13 Å². The Morgan fingerprint density at radius 2 is 1.95 bits per heavy atom. The quantitative estimate of drug-likeness (QED) is 0.164. The van der Waals surface area contributed by atoms with Crippen LogP contribution in [-0.2, 0) is 6.73 Å². The Morgan fingerprint density at radius 1 is 1.20 bits per heavy atom. The summed E-state index contributed by atoms with van der Waals surface area (Å²) in [4.78, 5) is 5.87. The van der Waals surface area contributed by atoms with Crippen molar-refractivity contribution in [1.82, 2.24) is 20.1 Å². The zero-order valence-corrected chi connectivity index (χ0v) is 24.9. The van der Waals surface area contributed by atoms with E-state index < -0.39 is 6.17 Å². The molecule has 0 spiro atoms. The van der Waals surface area contributed by atoms with Crippen molar-refractivity contribution in [3.05, 3.63) is 78.3 Å². The maximum atomic E-state index is 14.3. The van der Waals surface area contributed by atoms with Crippen LogP contribution >= 0.6 is 0 Å². The number of benzene rings is 2. The van der Waals surface area contributed by atoms with Crippen molar-refractivity contribution >= 4 is 29.0 Å². The first-order valence-corrected chi connectivity index (χ1v) is 14.2. The second-order valence-electron chi connectivity index (χ2n) is 10.9. The Kier molecular flexibility index (Phi) is 9.42. The minimum Gasteiger partial charge on any atom is -0.472 e. The van der Waals surface area contributed by atoms with Gasteiger partial charge in [-0.05, 0) is 60.9 Å². The van der Waals surface area contributed by atoms with Crippen LogP contribution in [0, 0.1) is 11.8 Å². The lowest BCUT2D eigenvalue weighted by molar-refractivity contribution is 0.196. The standard InChI is InChI=1S/C33H43FN6O/c1-8-27(34)18-39(23(5)22(4)21(2)3)19-38-16-29(35)24-10-12-31-26(13-24)14-32-28-11-9-25(30(37-7)17-36-6)15-33(28)41-20-40(31)32/h9-17,21-22,27,37-38H,5-6,8,18-20,35H2,1-4,7H3/b29-16-,30-17-. The Bertz CT molecular complexity index is 1470. The molecule has 0 saturated carbocycles. The third kappa shape index (κ3) is 6.42. The van der Waals surface area contributed by atoms with Crippen molar-refractivity contribution in [2.24, 2.45) is 22.6 Å². The maximum absolute atomic E-state index is 14.3. The molecule has 0 aliphatic carbocycles. The number of aromatic nitrogens is 1. The number of ether oxygens (including phenoxy) is 1. The predicted molar refractivity (Wildman–Crippen MR) is 170 cm³/mol. The normalized spacial score (nSPS) is 14.6. The lowest BCUT2D eigenvalue weighted by atomic mass is 9.94. The van der Waals surface area contributed by atoms with Crippen molar-refractivity contribution in [1.29, 1.82) is 0 Å². The van der Waals surface area contributed by atoms with E-state index in [2.05, 4.69) is 78.5 Å². The molecule has 0 fully saturated rings. The fourth-order valence-corrected chi connectivity index (χ4v) is 5.02. The van der Waals surface area contributed by atoms with Crippen molar-refractivity contribution in [2.45, 2.75) is 47.0 Å². The van der Waals surface area contributed by atoms with Crippen molar-refractivity contribution in [3.8, 4) is 17.0 Å². The molecule has 2 unspecified atom stereocenters. The van der Waals surface area contributed by atoms with Gasteiger partial charge in [0.1, 0.15) is 11.9 Å². The molecule has 3 aromatic rings. The topological polar surface area (TPSA) is 79.8 Å². The van der Waals surface area contributed by atoms with E-state index in [0.29, 0.717) is 38.0 Å². The van der Waals surface area contributed by atoms with E-state index in [1.807, 2.05) is 37.1 Å². The molecule has 1 aromatic heterocycles. The number of hydrogen-bond acceptors (Lipinski definition) is 6. The summed E-state index contributed by atoms with van der Waals surface area (Å²) in [6.45, 7) is 17.3. The number of allylic oxidation sites excluding steroid dienone is 1. The molecule has 7 nitrogen and oxygen atoms in total. The van der Waals surface area contributed by atoms with Gasteiger partial charge in [0.25, 0.3) is 0 Å². The van der Waals surface area contributed by atoms with Gasteiger partial charge in [0.2, 0.25) is 0 Å². The number of aliphatic imine (C=N–C) groups is 1. The number of alkyl halides is 1. The second-order valence-corrected chi connectivity index (χ2v) is 10.9. The third-order valence-electron chi connectivity index (χ3n) is 7.98. The number of nitrogens with zero attached hydrogens (tertiary/aromatic N) is 3. The molecular weight excluding hydrogens is 515 g/mol. The largest absolute Gasteiger partial charge is 0.472 e. The molecule has 218 valence electrons. The van der Waals surface area contributed by atoms with Crippen LogP contribution in [0.15, 0.2) is 72.1 Å². The third-order valence-corrected chi connectivity index (χ3v) is 7.98. The molecule has 1 aliphatic heterocycles. The number of hydrogen-bond donors (Lipinski definition) is 3. The van der Waals surface area contributed by atoms with E-state index in [0.717, 1.165) is 50.4 Å². The number of fused-ring (bicyclic) bond motifs is 5. The molecular formula is C33H43FN6O. The molecule has 4 rings (SSSR count). The first-order valence-electron chi connectivity index (χ1n) is 14.2. The summed E-state index contributed by atoms with van der Waals surface area (Å²) in [5, 5.41) is 7.52. The van der Waals surface area contributed by atoms with Crippen LogP contribution < -0.4 is 21.1 Å². The first-order chi connectivity index (χ1) is 19.7. The van der Waals surface area contributed by atoms with E-state index in [-0.39, 0.29) is 5.92 Å². The van der Waals surface area contributed by atoms with Gasteiger partial charge in [-0.1, -0.05) is 46.4 Å². The van der Waals surface area contributed by atoms with Crippen LogP contribution in [-0.4, -0.2) is 42.6 Å². The zero-order valence-electron chi connectivity index (χ0n) is 24.9. The summed E-state index contributed by atoms with van der Waals surface area (Å²) in [5.74, 6) is 1.49. The SMILES string of the molecule is C=N/C=C(\NC)c1ccc2c(c1)OCn1c-2cc2cc(/C(N)=C/NCN(CC(F)CC)C(=C)C(C)C(C)C)ccc21. The van der Waals surface area contributed by atoms with Crippen molar-refractivity contribution in [3.63, 3.8) is 0 Å². The molecule has 1 aliphatic rings. The van der Waals surface area contributed by atoms with Crippen LogP contribution in [0.1, 0.15) is 45.2 Å². The molecule has 0 amide bonds. The predicted octanol–water partition coefficient (Wildman–Crippen LogP) is 6.54. The molecule has 0 bridgehead atoms. The minimum absolute atomic E-state index is 0.247. The molecule has 0 radical (unpaired) electrons. The van der Waals surface area contributed by atoms with E-state index in [9.17, 15) is 4.39 Å². The Labute approximate surface area is 243 Å². The molecule has 0 saturated heterocycles. The highest BCUT2D eigenvalue weighted by molar-refractivity contribution is 5.91. The lowest BCUT2D eigenvalue weighted by Crippen LogP contribution is -2.38. The average Bonchev–Trinajstić information content (AvgIpc) is 3.36. The monoisotopic (exact) mass is 558 g/mol. The fourth-order valence-electron chi connectivity index (χ4n) is 5.02. The van der Waals surface area contributed by atoms with Crippen molar-refractivity contribution in [2.75, 3.05) is 20.3 Å². The second kappa shape index (κ2) is 13.0. The first kappa shape index (κ1) is 29.8. The van der Waals surface area contributed by atoms with E-state index >= 15 is 0 Å².